The van der Waals surface area contributed by atoms with Crippen molar-refractivity contribution in [3.63, 3.8) is 0 Å². The van der Waals surface area contributed by atoms with Crippen LogP contribution in [0, 0.1) is 13.8 Å². The summed E-state index contributed by atoms with van der Waals surface area (Å²) in [5.41, 5.74) is 7.25. The van der Waals surface area contributed by atoms with Gasteiger partial charge in [0.05, 0.1) is 0 Å². The average molecular weight is 367 g/mol. The first-order valence-corrected chi connectivity index (χ1v) is 9.85. The standard InChI is InChI=1S/C22H24Se/c1-15-13-17(22(3,4)5)14-16(2)21-19(15)11-12-20(21)23-18-9-7-6-8-10-18/h6-14H,1-5H3. The van der Waals surface area contributed by atoms with Crippen LogP contribution in [0.25, 0.3) is 11.1 Å². The van der Waals surface area contributed by atoms with Crippen LogP contribution in [0.1, 0.15) is 37.5 Å². The molecule has 0 aromatic heterocycles. The van der Waals surface area contributed by atoms with E-state index in [0.717, 1.165) is 0 Å². The van der Waals surface area contributed by atoms with Crippen molar-refractivity contribution in [2.45, 2.75) is 40.0 Å². The second-order valence-electron chi connectivity index (χ2n) is 7.26. The third kappa shape index (κ3) is 3.37. The first kappa shape index (κ1) is 16.3. The van der Waals surface area contributed by atoms with Gasteiger partial charge < -0.3 is 0 Å². The van der Waals surface area contributed by atoms with Crippen LogP contribution in [0.3, 0.4) is 0 Å². The predicted octanol–water partition coefficient (Wildman–Crippen LogP) is 4.36. The number of hydrogen-bond donors (Lipinski definition) is 0. The molecule has 0 spiro atoms. The zero-order valence-corrected chi connectivity index (χ0v) is 16.3. The van der Waals surface area contributed by atoms with Crippen LogP contribution >= 0.6 is 0 Å². The van der Waals surface area contributed by atoms with E-state index in [1.807, 2.05) is 0 Å². The number of fused-ring (bicyclic) bond motifs is 1. The van der Waals surface area contributed by atoms with Crippen molar-refractivity contribution in [2.24, 2.45) is 0 Å². The van der Waals surface area contributed by atoms with Gasteiger partial charge in [0.1, 0.15) is 0 Å². The Morgan fingerprint density at radius 2 is 1.43 bits per heavy atom. The molecule has 0 nitrogen and oxygen atoms in total. The van der Waals surface area contributed by atoms with Gasteiger partial charge in [0.2, 0.25) is 0 Å². The van der Waals surface area contributed by atoms with Crippen molar-refractivity contribution < 1.29 is 0 Å². The van der Waals surface area contributed by atoms with E-state index < -0.39 is 0 Å². The number of aryl methyl sites for hydroxylation is 2. The normalized spacial score (nSPS) is 11.9. The quantitative estimate of drug-likeness (QED) is 0.591. The minimum atomic E-state index is 0.177. The summed E-state index contributed by atoms with van der Waals surface area (Å²) in [7, 11) is 0. The van der Waals surface area contributed by atoms with Crippen molar-refractivity contribution in [3.05, 3.63) is 71.3 Å². The van der Waals surface area contributed by atoms with Gasteiger partial charge in [0.15, 0.2) is 0 Å². The fourth-order valence-electron chi connectivity index (χ4n) is 2.99. The molecule has 23 heavy (non-hydrogen) atoms. The molecule has 0 bridgehead atoms. The zero-order chi connectivity index (χ0) is 16.6. The maximum absolute atomic E-state index is 2.39. The molecular formula is C22H24Se. The van der Waals surface area contributed by atoms with E-state index in [1.54, 1.807) is 0 Å². The molecule has 0 saturated heterocycles. The maximum atomic E-state index is 2.39. The van der Waals surface area contributed by atoms with Crippen LogP contribution < -0.4 is 8.92 Å². The molecule has 0 saturated carbocycles. The Morgan fingerprint density at radius 1 is 0.783 bits per heavy atom. The molecule has 0 amide bonds. The van der Waals surface area contributed by atoms with Crippen LogP contribution in [0.2, 0.25) is 0 Å². The summed E-state index contributed by atoms with van der Waals surface area (Å²) < 4.78 is 2.93. The van der Waals surface area contributed by atoms with Crippen molar-refractivity contribution in [2.75, 3.05) is 0 Å². The van der Waals surface area contributed by atoms with Crippen LogP contribution in [0.5, 0.6) is 0 Å². The molecule has 1 heteroatoms. The summed E-state index contributed by atoms with van der Waals surface area (Å²) in [5, 5.41) is 0. The molecule has 0 N–H and O–H groups in total. The molecule has 2 aliphatic carbocycles. The van der Waals surface area contributed by atoms with Gasteiger partial charge in [-0.2, -0.15) is 0 Å². The molecular weight excluding hydrogens is 343 g/mol. The fraction of sp³-hybridized carbons (Fsp3) is 0.273. The summed E-state index contributed by atoms with van der Waals surface area (Å²) in [5.74, 6) is 0. The third-order valence-corrected chi connectivity index (χ3v) is 6.56. The van der Waals surface area contributed by atoms with Crippen molar-refractivity contribution >= 4 is 23.9 Å². The summed E-state index contributed by atoms with van der Waals surface area (Å²) >= 11 is 0.358. The summed E-state index contributed by atoms with van der Waals surface area (Å²) in [6.07, 6.45) is 0. The van der Waals surface area contributed by atoms with Gasteiger partial charge in [-0.1, -0.05) is 0 Å². The number of hydrogen-bond acceptors (Lipinski definition) is 0. The molecule has 0 heterocycles. The van der Waals surface area contributed by atoms with Crippen LogP contribution in [0.15, 0.2) is 54.6 Å². The van der Waals surface area contributed by atoms with Crippen molar-refractivity contribution in [1.82, 2.24) is 0 Å². The zero-order valence-electron chi connectivity index (χ0n) is 14.6. The van der Waals surface area contributed by atoms with E-state index in [9.17, 15) is 0 Å². The predicted molar refractivity (Wildman–Crippen MR) is 103 cm³/mol. The van der Waals surface area contributed by atoms with E-state index in [4.69, 9.17) is 0 Å². The average Bonchev–Trinajstić information content (AvgIpc) is 2.84. The molecule has 3 rings (SSSR count). The Kier molecular flexibility index (Phi) is 4.36. The van der Waals surface area contributed by atoms with Crippen molar-refractivity contribution in [1.29, 1.82) is 0 Å². The Morgan fingerprint density at radius 3 is 2.09 bits per heavy atom. The van der Waals surface area contributed by atoms with Crippen LogP contribution in [-0.4, -0.2) is 15.0 Å². The molecule has 1 aromatic carbocycles. The van der Waals surface area contributed by atoms with Gasteiger partial charge in [0.25, 0.3) is 0 Å². The summed E-state index contributed by atoms with van der Waals surface area (Å²) in [4.78, 5) is 0. The Labute approximate surface area is 146 Å². The van der Waals surface area contributed by atoms with E-state index in [-0.39, 0.29) is 5.41 Å². The monoisotopic (exact) mass is 368 g/mol. The third-order valence-electron chi connectivity index (χ3n) is 4.32. The van der Waals surface area contributed by atoms with E-state index in [1.165, 1.54) is 36.7 Å². The van der Waals surface area contributed by atoms with E-state index in [0.29, 0.717) is 15.0 Å². The summed E-state index contributed by atoms with van der Waals surface area (Å²) in [6, 6.07) is 20.2. The Hall–Kier alpha value is -1.56. The van der Waals surface area contributed by atoms with Crippen LogP contribution in [-0.2, 0) is 5.41 Å². The van der Waals surface area contributed by atoms with E-state index >= 15 is 0 Å². The van der Waals surface area contributed by atoms with Gasteiger partial charge in [-0.15, -0.1) is 0 Å². The van der Waals surface area contributed by atoms with E-state index in [2.05, 4.69) is 89.2 Å². The van der Waals surface area contributed by atoms with Gasteiger partial charge in [-0.05, 0) is 0 Å². The molecule has 2 aliphatic rings. The number of benzene rings is 1. The minimum absolute atomic E-state index is 0.177. The molecule has 0 radical (unpaired) electrons. The van der Waals surface area contributed by atoms with Crippen LogP contribution in [0.4, 0.5) is 0 Å². The second kappa shape index (κ2) is 6.15. The Bertz CT molecular complexity index is 794. The fourth-order valence-corrected chi connectivity index (χ4v) is 5.20. The van der Waals surface area contributed by atoms with Gasteiger partial charge in [-0.3, -0.25) is 0 Å². The summed E-state index contributed by atoms with van der Waals surface area (Å²) in [6.45, 7) is 11.4. The van der Waals surface area contributed by atoms with Gasteiger partial charge in [-0.25, -0.2) is 0 Å². The van der Waals surface area contributed by atoms with Gasteiger partial charge in [0, 0.05) is 0 Å². The first-order valence-electron chi connectivity index (χ1n) is 8.13. The molecule has 0 atom stereocenters. The SMILES string of the molecule is Cc1cc(C(C)(C)C)cc(C)c2c([Se]c3ccccc3)ccc1-2. The number of rotatable bonds is 2. The molecule has 0 fully saturated rings. The molecule has 0 aliphatic heterocycles. The first-order chi connectivity index (χ1) is 10.9. The van der Waals surface area contributed by atoms with Crippen molar-refractivity contribution in [3.8, 4) is 11.1 Å². The molecule has 0 unspecified atom stereocenters. The molecule has 118 valence electrons. The second-order valence-corrected chi connectivity index (χ2v) is 9.60. The topological polar surface area (TPSA) is 0 Å². The molecule has 1 aromatic rings. The van der Waals surface area contributed by atoms with Gasteiger partial charge >= 0.3 is 146 Å². The Balaban J connectivity index is 2.14.